The van der Waals surface area contributed by atoms with Crippen LogP contribution in [0.4, 0.5) is 0 Å². The lowest BCUT2D eigenvalue weighted by molar-refractivity contribution is 0.0600. The minimum absolute atomic E-state index is 0.409. The maximum absolute atomic E-state index is 12.5. The summed E-state index contributed by atoms with van der Waals surface area (Å²) in [6, 6.07) is 16.3. The lowest BCUT2D eigenvalue weighted by atomic mass is 9.99. The molecule has 0 bridgehead atoms. The molecule has 2 aromatic carbocycles. The second-order valence-electron chi connectivity index (χ2n) is 6.75. The van der Waals surface area contributed by atoms with Gasteiger partial charge in [0.25, 0.3) is 0 Å². The Bertz CT molecular complexity index is 1120. The summed E-state index contributed by atoms with van der Waals surface area (Å²) in [4.78, 5) is 23.8. The highest BCUT2D eigenvalue weighted by molar-refractivity contribution is 5.99. The van der Waals surface area contributed by atoms with E-state index in [-0.39, 0.29) is 0 Å². The van der Waals surface area contributed by atoms with Gasteiger partial charge in [0.2, 0.25) is 5.91 Å². The monoisotopic (exact) mass is 387 g/mol. The fourth-order valence-electron chi connectivity index (χ4n) is 3.49. The molecule has 1 amide bonds. The average Bonchev–Trinajstić information content (AvgIpc) is 2.98. The van der Waals surface area contributed by atoms with E-state index in [9.17, 15) is 9.59 Å². The molecule has 29 heavy (non-hydrogen) atoms. The van der Waals surface area contributed by atoms with Crippen LogP contribution in [0.15, 0.2) is 48.5 Å². The van der Waals surface area contributed by atoms with Crippen LogP contribution in [0.1, 0.15) is 43.2 Å². The predicted octanol–water partition coefficient (Wildman–Crippen LogP) is 3.58. The number of nitrogens with zero attached hydrogens (tertiary/aromatic N) is 2. The number of esters is 1. The normalized spacial score (nSPS) is 10.4. The number of methoxy groups -OCH3 is 1. The summed E-state index contributed by atoms with van der Waals surface area (Å²) in [6.45, 7) is 4.35. The summed E-state index contributed by atoms with van der Waals surface area (Å²) in [7, 11) is 1.36. The quantitative estimate of drug-likeness (QED) is 0.677. The molecule has 0 spiro atoms. The van der Waals surface area contributed by atoms with Crippen molar-refractivity contribution in [2.24, 2.45) is 5.73 Å². The van der Waals surface area contributed by atoms with E-state index in [1.54, 1.807) is 24.3 Å². The van der Waals surface area contributed by atoms with Crippen LogP contribution in [0.25, 0.3) is 11.1 Å². The highest BCUT2D eigenvalue weighted by atomic mass is 16.5. The summed E-state index contributed by atoms with van der Waals surface area (Å²) >= 11 is 0. The van der Waals surface area contributed by atoms with E-state index in [0.29, 0.717) is 23.2 Å². The Morgan fingerprint density at radius 2 is 1.66 bits per heavy atom. The third-order valence-electron chi connectivity index (χ3n) is 5.05. The van der Waals surface area contributed by atoms with E-state index in [1.165, 1.54) is 7.11 Å². The Morgan fingerprint density at radius 1 is 1.03 bits per heavy atom. The van der Waals surface area contributed by atoms with Crippen LogP contribution in [-0.4, -0.2) is 23.6 Å². The number of nitriles is 1. The van der Waals surface area contributed by atoms with Crippen molar-refractivity contribution < 1.29 is 14.3 Å². The molecule has 0 atom stereocenters. The minimum Gasteiger partial charge on any atom is -0.465 e. The van der Waals surface area contributed by atoms with Crippen LogP contribution in [0, 0.1) is 25.2 Å². The molecule has 2 N–H and O–H groups in total. The van der Waals surface area contributed by atoms with Gasteiger partial charge in [-0.1, -0.05) is 24.3 Å². The molecule has 0 radical (unpaired) electrons. The molecule has 0 saturated carbocycles. The standard InChI is InChI=1S/C23H21N3O3/c1-14-20(18-8-4-16(12-24)5-9-18)21(23(28)29-3)15(2)26(14)13-17-6-10-19(11-7-17)22(25)27/h4-11H,13H2,1-3H3,(H2,25,27). The van der Waals surface area contributed by atoms with Gasteiger partial charge in [0, 0.05) is 29.1 Å². The molecule has 1 aromatic heterocycles. The van der Waals surface area contributed by atoms with Crippen molar-refractivity contribution >= 4 is 11.9 Å². The number of hydrogen-bond acceptors (Lipinski definition) is 4. The lowest BCUT2D eigenvalue weighted by Gasteiger charge is -2.10. The van der Waals surface area contributed by atoms with Crippen LogP contribution < -0.4 is 5.73 Å². The van der Waals surface area contributed by atoms with E-state index in [0.717, 1.165) is 28.1 Å². The largest absolute Gasteiger partial charge is 0.465 e. The topological polar surface area (TPSA) is 98.1 Å². The van der Waals surface area contributed by atoms with Gasteiger partial charge in [0.05, 0.1) is 24.3 Å². The van der Waals surface area contributed by atoms with Crippen molar-refractivity contribution in [2.45, 2.75) is 20.4 Å². The molecule has 3 aromatic rings. The summed E-state index contributed by atoms with van der Waals surface area (Å²) in [5, 5.41) is 9.04. The molecule has 146 valence electrons. The second kappa shape index (κ2) is 8.03. The Morgan fingerprint density at radius 3 is 2.17 bits per heavy atom. The van der Waals surface area contributed by atoms with Gasteiger partial charge in [-0.25, -0.2) is 4.79 Å². The molecule has 0 aliphatic carbocycles. The van der Waals surface area contributed by atoms with E-state index in [4.69, 9.17) is 15.7 Å². The highest BCUT2D eigenvalue weighted by Gasteiger charge is 2.24. The van der Waals surface area contributed by atoms with Crippen LogP contribution in [0.3, 0.4) is 0 Å². The second-order valence-corrected chi connectivity index (χ2v) is 6.75. The maximum Gasteiger partial charge on any atom is 0.340 e. The van der Waals surface area contributed by atoms with Crippen LogP contribution >= 0.6 is 0 Å². The fourth-order valence-corrected chi connectivity index (χ4v) is 3.49. The van der Waals surface area contributed by atoms with Crippen LogP contribution in [0.5, 0.6) is 0 Å². The summed E-state index contributed by atoms with van der Waals surface area (Å²) in [5.41, 5.74) is 11.1. The molecule has 6 nitrogen and oxygen atoms in total. The number of benzene rings is 2. The first-order valence-corrected chi connectivity index (χ1v) is 9.04. The third kappa shape index (κ3) is 3.76. The van der Waals surface area contributed by atoms with Gasteiger partial charge in [-0.15, -0.1) is 0 Å². The minimum atomic E-state index is -0.471. The SMILES string of the molecule is COC(=O)c1c(-c2ccc(C#N)cc2)c(C)n(Cc2ccc(C(N)=O)cc2)c1C. The zero-order chi connectivity index (χ0) is 21.1. The molecule has 0 fully saturated rings. The fraction of sp³-hybridized carbons (Fsp3) is 0.174. The Kier molecular flexibility index (Phi) is 5.51. The first-order chi connectivity index (χ1) is 13.9. The third-order valence-corrected chi connectivity index (χ3v) is 5.05. The van der Waals surface area contributed by atoms with E-state index >= 15 is 0 Å². The van der Waals surface area contributed by atoms with Gasteiger partial charge in [0.15, 0.2) is 0 Å². The van der Waals surface area contributed by atoms with Crippen molar-refractivity contribution in [1.29, 1.82) is 5.26 Å². The molecule has 0 aliphatic rings. The average molecular weight is 387 g/mol. The Labute approximate surface area is 169 Å². The van der Waals surface area contributed by atoms with Gasteiger partial charge >= 0.3 is 5.97 Å². The van der Waals surface area contributed by atoms with E-state index in [2.05, 4.69) is 6.07 Å². The number of amides is 1. The first-order valence-electron chi connectivity index (χ1n) is 9.04. The molecule has 0 unspecified atom stereocenters. The molecule has 6 heteroatoms. The molecule has 3 rings (SSSR count). The smallest absolute Gasteiger partial charge is 0.340 e. The molecule has 1 heterocycles. The van der Waals surface area contributed by atoms with Crippen LogP contribution in [0.2, 0.25) is 0 Å². The highest BCUT2D eigenvalue weighted by Crippen LogP contribution is 2.33. The van der Waals surface area contributed by atoms with Gasteiger partial charge < -0.3 is 15.0 Å². The molecular formula is C23H21N3O3. The van der Waals surface area contributed by atoms with E-state index < -0.39 is 11.9 Å². The predicted molar refractivity (Wildman–Crippen MR) is 109 cm³/mol. The number of rotatable bonds is 5. The number of ether oxygens (including phenoxy) is 1. The Balaban J connectivity index is 2.10. The number of carbonyl (C=O) groups excluding carboxylic acids is 2. The van der Waals surface area contributed by atoms with Gasteiger partial charge in [-0.2, -0.15) is 5.26 Å². The van der Waals surface area contributed by atoms with Gasteiger partial charge in [-0.05, 0) is 49.2 Å². The van der Waals surface area contributed by atoms with Crippen molar-refractivity contribution in [3.05, 3.63) is 82.2 Å². The zero-order valence-electron chi connectivity index (χ0n) is 16.5. The Hall–Kier alpha value is -3.85. The number of primary amides is 1. The van der Waals surface area contributed by atoms with Gasteiger partial charge in [-0.3, -0.25) is 4.79 Å². The number of nitrogens with two attached hydrogens (primary N) is 1. The summed E-state index contributed by atoms with van der Waals surface area (Å²) < 4.78 is 7.07. The molecule has 0 saturated heterocycles. The zero-order valence-corrected chi connectivity index (χ0v) is 16.5. The van der Waals surface area contributed by atoms with Gasteiger partial charge in [0.1, 0.15) is 0 Å². The first kappa shape index (κ1) is 19.9. The number of aromatic nitrogens is 1. The van der Waals surface area contributed by atoms with Crippen LogP contribution in [-0.2, 0) is 11.3 Å². The number of carbonyl (C=O) groups is 2. The summed E-state index contributed by atoms with van der Waals surface area (Å²) in [5.74, 6) is -0.881. The van der Waals surface area contributed by atoms with Crippen molar-refractivity contribution in [1.82, 2.24) is 4.57 Å². The maximum atomic E-state index is 12.5. The molecular weight excluding hydrogens is 366 g/mol. The molecule has 0 aliphatic heterocycles. The lowest BCUT2D eigenvalue weighted by Crippen LogP contribution is -2.11. The van der Waals surface area contributed by atoms with E-state index in [1.807, 2.05) is 42.7 Å². The van der Waals surface area contributed by atoms with Crippen molar-refractivity contribution in [3.8, 4) is 17.2 Å². The number of hydrogen-bond donors (Lipinski definition) is 1. The van der Waals surface area contributed by atoms with Crippen molar-refractivity contribution in [2.75, 3.05) is 7.11 Å². The summed E-state index contributed by atoms with van der Waals surface area (Å²) in [6.07, 6.45) is 0. The van der Waals surface area contributed by atoms with Crippen molar-refractivity contribution in [3.63, 3.8) is 0 Å².